The molecule has 0 saturated heterocycles. The third-order valence-corrected chi connectivity index (χ3v) is 20.9. The first-order chi connectivity index (χ1) is 29.7. The van der Waals surface area contributed by atoms with Crippen molar-refractivity contribution in [2.75, 3.05) is 83.3 Å². The molecule has 0 aliphatic heterocycles. The molecule has 0 N–H and O–H groups in total. The van der Waals surface area contributed by atoms with Crippen LogP contribution >= 0.6 is 0 Å². The van der Waals surface area contributed by atoms with Crippen LogP contribution in [0.4, 0.5) is 0 Å². The summed E-state index contributed by atoms with van der Waals surface area (Å²) in [6, 6.07) is 13.2. The SMILES string of the molecule is COC[C@@]12[C@H]3[C@H]4C[C@H]([C@@H]5C(C(=O)OC)=C(C(=O)OC)[C@H]45)[C@H]3[C@]1(COC)[C@@H]1[C@H]2[C@@H]2C[C@H]1[C@]1(COC)[C@@H]3[C@@H]([C@@H]4C[C@H]3c3c4c(OC)c4cc5ccccc5cc4c3OC)[C@]21COC. The predicted molar refractivity (Wildman–Crippen MR) is 224 cm³/mol. The molecule has 10 heteroatoms. The van der Waals surface area contributed by atoms with Crippen LogP contribution in [0.15, 0.2) is 47.5 Å². The fourth-order valence-corrected chi connectivity index (χ4v) is 20.9. The molecule has 18 atom stereocenters. The van der Waals surface area contributed by atoms with Crippen molar-refractivity contribution in [1.82, 2.24) is 0 Å². The molecule has 0 spiro atoms. The van der Waals surface area contributed by atoms with E-state index in [4.69, 9.17) is 37.9 Å². The van der Waals surface area contributed by atoms with Crippen molar-refractivity contribution < 1.29 is 47.5 Å². The van der Waals surface area contributed by atoms with E-state index in [-0.39, 0.29) is 57.3 Å². The van der Waals surface area contributed by atoms with Crippen molar-refractivity contribution in [2.24, 2.45) is 92.7 Å². The molecule has 10 aliphatic carbocycles. The van der Waals surface area contributed by atoms with E-state index in [0.29, 0.717) is 96.8 Å². The first kappa shape index (κ1) is 37.8. The summed E-state index contributed by atoms with van der Waals surface area (Å²) in [6.07, 6.45) is 3.25. The molecule has 0 radical (unpaired) electrons. The molecule has 3 aromatic rings. The van der Waals surface area contributed by atoms with Crippen molar-refractivity contribution in [3.63, 3.8) is 0 Å². The number of rotatable bonds is 12. The van der Waals surface area contributed by atoms with Crippen molar-refractivity contribution >= 4 is 33.5 Å². The van der Waals surface area contributed by atoms with Crippen molar-refractivity contribution in [3.05, 3.63) is 58.7 Å². The number of esters is 2. The number of carbonyl (C=O) groups excluding carboxylic acids is 2. The summed E-state index contributed by atoms with van der Waals surface area (Å²) in [5.74, 6) is 5.87. The molecule has 8 fully saturated rings. The number of fused-ring (bicyclic) bond motifs is 33. The summed E-state index contributed by atoms with van der Waals surface area (Å²) in [6.45, 7) is 2.78. The van der Waals surface area contributed by atoms with E-state index in [1.165, 1.54) is 36.1 Å². The smallest absolute Gasteiger partial charge is 0.334 e. The second-order valence-corrected chi connectivity index (χ2v) is 21.0. The van der Waals surface area contributed by atoms with Crippen LogP contribution in [0.5, 0.6) is 11.5 Å². The Morgan fingerprint density at radius 1 is 0.525 bits per heavy atom. The Kier molecular flexibility index (Phi) is 7.50. The van der Waals surface area contributed by atoms with Crippen LogP contribution < -0.4 is 9.47 Å². The normalized spacial score (nSPS) is 46.0. The molecule has 13 rings (SSSR count). The van der Waals surface area contributed by atoms with Gasteiger partial charge >= 0.3 is 11.9 Å². The maximum Gasteiger partial charge on any atom is 0.334 e. The number of ether oxygens (including phenoxy) is 8. The fraction of sp³-hybridized carbons (Fsp3) is 0.647. The largest absolute Gasteiger partial charge is 0.496 e. The summed E-state index contributed by atoms with van der Waals surface area (Å²) in [5.41, 5.74) is 3.48. The van der Waals surface area contributed by atoms with Gasteiger partial charge in [-0.05, 0) is 113 Å². The zero-order chi connectivity index (χ0) is 41.9. The van der Waals surface area contributed by atoms with Crippen LogP contribution in [0.25, 0.3) is 21.5 Å². The van der Waals surface area contributed by atoms with Gasteiger partial charge in [-0.3, -0.25) is 0 Å². The molecule has 0 amide bonds. The molecule has 10 aliphatic rings. The Morgan fingerprint density at radius 3 is 1.31 bits per heavy atom. The van der Waals surface area contributed by atoms with Gasteiger partial charge in [0.25, 0.3) is 0 Å². The van der Waals surface area contributed by atoms with E-state index in [9.17, 15) is 9.59 Å². The molecule has 10 nitrogen and oxygen atoms in total. The molecule has 3 aromatic carbocycles. The van der Waals surface area contributed by atoms with E-state index in [1.54, 1.807) is 0 Å². The van der Waals surface area contributed by atoms with Gasteiger partial charge in [0.15, 0.2) is 0 Å². The number of benzene rings is 3. The Labute approximate surface area is 357 Å². The van der Waals surface area contributed by atoms with Gasteiger partial charge in [-0.1, -0.05) is 24.3 Å². The first-order valence-electron chi connectivity index (χ1n) is 22.7. The minimum Gasteiger partial charge on any atom is -0.496 e. The predicted octanol–water partition coefficient (Wildman–Crippen LogP) is 7.05. The lowest BCUT2D eigenvalue weighted by molar-refractivity contribution is -0.454. The van der Waals surface area contributed by atoms with Crippen LogP contribution in [-0.2, 0) is 38.0 Å². The topological polar surface area (TPSA) is 108 Å². The third-order valence-electron chi connectivity index (χ3n) is 20.9. The van der Waals surface area contributed by atoms with E-state index < -0.39 is 0 Å². The highest BCUT2D eigenvalue weighted by molar-refractivity contribution is 6.06. The lowest BCUT2D eigenvalue weighted by Crippen LogP contribution is -2.90. The van der Waals surface area contributed by atoms with Gasteiger partial charge in [-0.25, -0.2) is 9.59 Å². The van der Waals surface area contributed by atoms with Crippen LogP contribution in [0.3, 0.4) is 0 Å². The van der Waals surface area contributed by atoms with E-state index in [0.717, 1.165) is 41.5 Å². The molecule has 8 saturated carbocycles. The molecule has 61 heavy (non-hydrogen) atoms. The van der Waals surface area contributed by atoms with Crippen molar-refractivity contribution in [1.29, 1.82) is 0 Å². The minimum atomic E-state index is -0.381. The highest BCUT2D eigenvalue weighted by atomic mass is 16.5. The van der Waals surface area contributed by atoms with Gasteiger partial charge in [0.1, 0.15) is 11.5 Å². The highest BCUT2D eigenvalue weighted by Crippen LogP contribution is 3.01. The average molecular weight is 831 g/mol. The van der Waals surface area contributed by atoms with Crippen molar-refractivity contribution in [2.45, 2.75) is 31.1 Å². The number of methoxy groups -OCH3 is 8. The molecule has 0 heterocycles. The average Bonchev–Trinajstić information content (AvgIpc) is 4.08. The summed E-state index contributed by atoms with van der Waals surface area (Å²) >= 11 is 0. The van der Waals surface area contributed by atoms with Crippen LogP contribution in [0.1, 0.15) is 42.2 Å². The monoisotopic (exact) mass is 830 g/mol. The Morgan fingerprint density at radius 2 is 0.934 bits per heavy atom. The van der Waals surface area contributed by atoms with Gasteiger partial charge in [-0.2, -0.15) is 0 Å². The Balaban J connectivity index is 0.989. The number of hydrogen-bond donors (Lipinski definition) is 0. The quantitative estimate of drug-likeness (QED) is 0.0816. The summed E-state index contributed by atoms with van der Waals surface area (Å²) < 4.78 is 49.9. The zero-order valence-electron chi connectivity index (χ0n) is 36.6. The maximum absolute atomic E-state index is 13.5. The minimum absolute atomic E-state index is 0.0183. The van der Waals surface area contributed by atoms with Gasteiger partial charge in [0, 0.05) is 83.8 Å². The van der Waals surface area contributed by atoms with Crippen molar-refractivity contribution in [3.8, 4) is 11.5 Å². The lowest BCUT2D eigenvalue weighted by atomic mass is 9.14. The molecule has 0 aromatic heterocycles. The van der Waals surface area contributed by atoms with Gasteiger partial charge in [0.2, 0.25) is 0 Å². The Bertz CT molecular complexity index is 2350. The van der Waals surface area contributed by atoms with E-state index in [2.05, 4.69) is 36.4 Å². The second kappa shape index (κ2) is 12.1. The third kappa shape index (κ3) is 3.52. The second-order valence-electron chi connectivity index (χ2n) is 21.0. The molecular weight excluding hydrogens is 773 g/mol. The zero-order valence-corrected chi connectivity index (χ0v) is 36.6. The van der Waals surface area contributed by atoms with E-state index >= 15 is 0 Å². The maximum atomic E-state index is 13.5. The number of carbonyl (C=O) groups is 2. The van der Waals surface area contributed by atoms with Gasteiger partial charge in [-0.15, -0.1) is 0 Å². The fourth-order valence-electron chi connectivity index (χ4n) is 20.9. The summed E-state index contributed by atoms with van der Waals surface area (Å²) in [4.78, 5) is 26.9. The first-order valence-corrected chi connectivity index (χ1v) is 22.7. The summed E-state index contributed by atoms with van der Waals surface area (Å²) in [5, 5.41) is 4.65. The van der Waals surface area contributed by atoms with Gasteiger partial charge < -0.3 is 37.9 Å². The van der Waals surface area contributed by atoms with Crippen LogP contribution in [-0.4, -0.2) is 95.2 Å². The molecular formula is C51H58O10. The van der Waals surface area contributed by atoms with Crippen LogP contribution in [0.2, 0.25) is 0 Å². The molecule has 322 valence electrons. The number of hydrogen-bond acceptors (Lipinski definition) is 10. The molecule has 6 bridgehead atoms. The molecule has 0 unspecified atom stereocenters. The van der Waals surface area contributed by atoms with Gasteiger partial charge in [0.05, 0.1) is 66.0 Å². The van der Waals surface area contributed by atoms with E-state index in [1.807, 2.05) is 42.7 Å². The Hall–Kier alpha value is -3.70. The lowest BCUT2D eigenvalue weighted by Gasteiger charge is -2.90. The summed E-state index contributed by atoms with van der Waals surface area (Å²) in [7, 11) is 14.2. The van der Waals surface area contributed by atoms with Crippen LogP contribution in [0, 0.1) is 92.7 Å². The highest BCUT2D eigenvalue weighted by Gasteiger charge is 3.00. The standard InChI is InChI=1S/C51H58O10/c1-54-18-48-30-17-31(43-42(30)50(20-56-3)40-26-15-27(41(40)51(43,50)21-57-4)33-32(26)36(46(52)60-7)37(33)47(53)61-8)49(48,19-55-2)39-29-16-28(38(39)48)34-35(29)45(59-6)25-14-23-12-10-9-11-22(23)13-24(25)44(34)58-5/h9-14,26-33,38-43H,15-21H2,1-8H3/t26-,27+,28+,29-,30-,31+,32+,33-,38+,39-,40-,41+,42+,43-,48-,49+,50-,51+.